The monoisotopic (exact) mass is 217 g/mol. The van der Waals surface area contributed by atoms with E-state index in [2.05, 4.69) is 6.58 Å². The highest BCUT2D eigenvalue weighted by Gasteiger charge is 2.29. The van der Waals surface area contributed by atoms with Gasteiger partial charge in [0, 0.05) is 11.6 Å². The van der Waals surface area contributed by atoms with Gasteiger partial charge in [0.2, 0.25) is 0 Å². The van der Waals surface area contributed by atoms with Crippen LogP contribution in [0, 0.1) is 0 Å². The normalized spacial score (nSPS) is 23.1. The minimum absolute atomic E-state index is 0.135. The molecule has 14 heavy (non-hydrogen) atoms. The Kier molecular flexibility index (Phi) is 4.42. The predicted molar refractivity (Wildman–Crippen MR) is 56.2 cm³/mol. The molecule has 80 valence electrons. The molecule has 3 nitrogen and oxygen atoms in total. The van der Waals surface area contributed by atoms with Crippen molar-refractivity contribution in [1.82, 2.24) is 4.90 Å². The fraction of sp³-hybridized carbons (Fsp3) is 0.700. The van der Waals surface area contributed by atoms with Crippen LogP contribution in [0.4, 0.5) is 0 Å². The quantitative estimate of drug-likeness (QED) is 0.675. The van der Waals surface area contributed by atoms with E-state index in [9.17, 15) is 4.79 Å². The summed E-state index contributed by atoms with van der Waals surface area (Å²) in [5.41, 5.74) is 0. The molecule has 1 rings (SSSR count). The molecule has 0 spiro atoms. The highest BCUT2D eigenvalue weighted by molar-refractivity contribution is 6.29. The summed E-state index contributed by atoms with van der Waals surface area (Å²) in [6, 6.07) is -0.135. The first-order chi connectivity index (χ1) is 6.65. The van der Waals surface area contributed by atoms with Gasteiger partial charge in [0.25, 0.3) is 0 Å². The lowest BCUT2D eigenvalue weighted by atomic mass is 10.0. The van der Waals surface area contributed by atoms with Crippen molar-refractivity contribution in [1.29, 1.82) is 0 Å². The molecule has 0 amide bonds. The van der Waals surface area contributed by atoms with Crippen LogP contribution in [0.25, 0.3) is 0 Å². The number of hydrogen-bond donors (Lipinski definition) is 0. The Hall–Kier alpha value is -0.540. The van der Waals surface area contributed by atoms with Gasteiger partial charge < -0.3 is 4.74 Å². The molecule has 0 N–H and O–H groups in total. The van der Waals surface area contributed by atoms with Crippen molar-refractivity contribution in [2.24, 2.45) is 0 Å². The smallest absolute Gasteiger partial charge is 0.323 e. The average molecular weight is 218 g/mol. The summed E-state index contributed by atoms with van der Waals surface area (Å²) in [5.74, 6) is -0.164. The van der Waals surface area contributed by atoms with E-state index in [-0.39, 0.29) is 12.0 Å². The van der Waals surface area contributed by atoms with Gasteiger partial charge in [0.05, 0.1) is 7.11 Å². The number of piperidine rings is 1. The van der Waals surface area contributed by atoms with Gasteiger partial charge in [-0.1, -0.05) is 24.6 Å². The van der Waals surface area contributed by atoms with Crippen molar-refractivity contribution < 1.29 is 9.53 Å². The summed E-state index contributed by atoms with van der Waals surface area (Å²) >= 11 is 5.74. The maximum Gasteiger partial charge on any atom is 0.323 e. The lowest BCUT2D eigenvalue weighted by Gasteiger charge is -2.33. The summed E-state index contributed by atoms with van der Waals surface area (Å²) in [6.07, 6.45) is 3.04. The number of esters is 1. The van der Waals surface area contributed by atoms with E-state index < -0.39 is 0 Å². The molecule has 0 radical (unpaired) electrons. The molecule has 1 heterocycles. The van der Waals surface area contributed by atoms with Gasteiger partial charge >= 0.3 is 5.97 Å². The Bertz CT molecular complexity index is 230. The van der Waals surface area contributed by atoms with Gasteiger partial charge in [0.15, 0.2) is 0 Å². The Labute approximate surface area is 89.7 Å². The van der Waals surface area contributed by atoms with E-state index in [4.69, 9.17) is 16.3 Å². The van der Waals surface area contributed by atoms with Crippen molar-refractivity contribution in [2.45, 2.75) is 25.3 Å². The van der Waals surface area contributed by atoms with Crippen LogP contribution in [0.2, 0.25) is 0 Å². The molecule has 0 aromatic heterocycles. The summed E-state index contributed by atoms with van der Waals surface area (Å²) in [5, 5.41) is 0.570. The standard InChI is InChI=1S/C10H16ClNO2/c1-8(11)7-12-6-4-3-5-9(12)10(13)14-2/h9H,1,3-7H2,2H3/t9-/m1/s1. The lowest BCUT2D eigenvalue weighted by molar-refractivity contribution is -0.148. The van der Waals surface area contributed by atoms with Crippen LogP contribution in [0.15, 0.2) is 11.6 Å². The average Bonchev–Trinajstić information content (AvgIpc) is 2.16. The van der Waals surface area contributed by atoms with E-state index in [0.29, 0.717) is 11.6 Å². The minimum Gasteiger partial charge on any atom is -0.468 e. The first kappa shape index (κ1) is 11.5. The Morgan fingerprint density at radius 2 is 2.36 bits per heavy atom. The molecule has 0 bridgehead atoms. The van der Waals surface area contributed by atoms with E-state index >= 15 is 0 Å². The highest BCUT2D eigenvalue weighted by atomic mass is 35.5. The fourth-order valence-corrected chi connectivity index (χ4v) is 1.96. The van der Waals surface area contributed by atoms with Crippen LogP contribution >= 0.6 is 11.6 Å². The zero-order chi connectivity index (χ0) is 10.6. The van der Waals surface area contributed by atoms with Crippen LogP contribution in [0.5, 0.6) is 0 Å². The maximum absolute atomic E-state index is 11.4. The summed E-state index contributed by atoms with van der Waals surface area (Å²) in [7, 11) is 1.42. The molecular weight excluding hydrogens is 202 g/mol. The van der Waals surface area contributed by atoms with Gasteiger partial charge in [-0.3, -0.25) is 9.69 Å². The zero-order valence-corrected chi connectivity index (χ0v) is 9.22. The number of carbonyl (C=O) groups excluding carboxylic acids is 1. The number of methoxy groups -OCH3 is 1. The van der Waals surface area contributed by atoms with E-state index in [0.717, 1.165) is 25.8 Å². The van der Waals surface area contributed by atoms with E-state index in [1.165, 1.54) is 7.11 Å². The van der Waals surface area contributed by atoms with Gasteiger partial charge in [-0.2, -0.15) is 0 Å². The Balaban J connectivity index is 2.58. The van der Waals surface area contributed by atoms with Gasteiger partial charge in [-0.05, 0) is 19.4 Å². The second-order valence-electron chi connectivity index (χ2n) is 3.52. The third-order valence-electron chi connectivity index (χ3n) is 2.46. The molecular formula is C10H16ClNO2. The second-order valence-corrected chi connectivity index (χ2v) is 4.06. The topological polar surface area (TPSA) is 29.5 Å². The predicted octanol–water partition coefficient (Wildman–Crippen LogP) is 1.77. The molecule has 1 saturated heterocycles. The molecule has 1 fully saturated rings. The van der Waals surface area contributed by atoms with Crippen LogP contribution in [0.1, 0.15) is 19.3 Å². The van der Waals surface area contributed by atoms with Crippen LogP contribution in [-0.4, -0.2) is 37.1 Å². The minimum atomic E-state index is -0.164. The lowest BCUT2D eigenvalue weighted by Crippen LogP contribution is -2.45. The summed E-state index contributed by atoms with van der Waals surface area (Å²) < 4.78 is 4.75. The number of halogens is 1. The molecule has 1 aliphatic heterocycles. The van der Waals surface area contributed by atoms with Crippen molar-refractivity contribution in [3.63, 3.8) is 0 Å². The number of hydrogen-bond acceptors (Lipinski definition) is 3. The Morgan fingerprint density at radius 1 is 1.64 bits per heavy atom. The van der Waals surface area contributed by atoms with E-state index in [1.54, 1.807) is 0 Å². The second kappa shape index (κ2) is 5.37. The van der Waals surface area contributed by atoms with Crippen molar-refractivity contribution >= 4 is 17.6 Å². The van der Waals surface area contributed by atoms with Gasteiger partial charge in [-0.15, -0.1) is 0 Å². The third-order valence-corrected chi connectivity index (χ3v) is 2.58. The number of nitrogens with zero attached hydrogens (tertiary/aromatic N) is 1. The molecule has 1 atom stereocenters. The van der Waals surface area contributed by atoms with Crippen LogP contribution in [-0.2, 0) is 9.53 Å². The number of carbonyl (C=O) groups is 1. The molecule has 4 heteroatoms. The third kappa shape index (κ3) is 3.00. The van der Waals surface area contributed by atoms with Crippen molar-refractivity contribution in [3.8, 4) is 0 Å². The first-order valence-electron chi connectivity index (χ1n) is 4.80. The molecule has 0 unspecified atom stereocenters. The Morgan fingerprint density at radius 3 is 2.93 bits per heavy atom. The van der Waals surface area contributed by atoms with Gasteiger partial charge in [-0.25, -0.2) is 0 Å². The largest absolute Gasteiger partial charge is 0.468 e. The number of rotatable bonds is 3. The molecule has 0 aromatic rings. The highest BCUT2D eigenvalue weighted by Crippen LogP contribution is 2.19. The number of ether oxygens (including phenoxy) is 1. The summed E-state index contributed by atoms with van der Waals surface area (Å²) in [4.78, 5) is 13.5. The van der Waals surface area contributed by atoms with Crippen LogP contribution < -0.4 is 0 Å². The van der Waals surface area contributed by atoms with Gasteiger partial charge in [0.1, 0.15) is 6.04 Å². The first-order valence-corrected chi connectivity index (χ1v) is 5.18. The SMILES string of the molecule is C=C(Cl)CN1CCCC[C@@H]1C(=O)OC. The zero-order valence-electron chi connectivity index (χ0n) is 8.46. The fourth-order valence-electron chi connectivity index (χ4n) is 1.80. The number of likely N-dealkylation sites (tertiary alicyclic amines) is 1. The molecule has 0 aromatic carbocycles. The van der Waals surface area contributed by atoms with Crippen molar-refractivity contribution in [3.05, 3.63) is 11.6 Å². The molecule has 1 aliphatic rings. The summed E-state index contributed by atoms with van der Waals surface area (Å²) in [6.45, 7) is 5.11. The maximum atomic E-state index is 11.4. The van der Waals surface area contributed by atoms with Crippen LogP contribution in [0.3, 0.4) is 0 Å². The molecule has 0 aliphatic carbocycles. The molecule has 0 saturated carbocycles. The van der Waals surface area contributed by atoms with E-state index in [1.807, 2.05) is 4.90 Å². The van der Waals surface area contributed by atoms with Crippen molar-refractivity contribution in [2.75, 3.05) is 20.2 Å².